The number of rotatable bonds is 3. The van der Waals surface area contributed by atoms with Crippen LogP contribution in [0.2, 0.25) is 0 Å². The van der Waals surface area contributed by atoms with E-state index in [4.69, 9.17) is 0 Å². The summed E-state index contributed by atoms with van der Waals surface area (Å²) in [4.78, 5) is 14.2. The highest BCUT2D eigenvalue weighted by Gasteiger charge is 2.04. The molecule has 0 radical (unpaired) electrons. The number of benzene rings is 1. The Morgan fingerprint density at radius 2 is 2.33 bits per heavy atom. The number of nitrogens with zero attached hydrogens (tertiary/aromatic N) is 2. The van der Waals surface area contributed by atoms with Gasteiger partial charge in [-0.15, -0.1) is 11.3 Å². The van der Waals surface area contributed by atoms with Gasteiger partial charge in [0.25, 0.3) is 0 Å². The van der Waals surface area contributed by atoms with Gasteiger partial charge in [-0.1, -0.05) is 18.2 Å². The quantitative estimate of drug-likeness (QED) is 0.590. The van der Waals surface area contributed by atoms with Crippen LogP contribution in [-0.4, -0.2) is 9.91 Å². The second-order valence-electron chi connectivity index (χ2n) is 3.03. The molecule has 0 saturated carbocycles. The molecule has 2 aromatic rings. The zero-order chi connectivity index (χ0) is 10.7. The van der Waals surface area contributed by atoms with Gasteiger partial charge in [-0.25, -0.2) is 4.98 Å². The first-order chi connectivity index (χ1) is 7.25. The first kappa shape index (κ1) is 9.79. The predicted octanol–water partition coefficient (Wildman–Crippen LogP) is 2.59. The topological polar surface area (TPSA) is 56.0 Å². The normalized spacial score (nSPS) is 10.1. The Balaban J connectivity index is 2.31. The molecule has 0 aliphatic carbocycles. The first-order valence-corrected chi connectivity index (χ1v) is 5.24. The van der Waals surface area contributed by atoms with Crippen LogP contribution in [0.3, 0.4) is 0 Å². The molecule has 5 heteroatoms. The standard InChI is InChI=1S/C10H8N2O2S/c13-12(14)7-8-2-1-3-9(6-8)10-11-4-5-15-10/h1-6H,7H2. The number of hydrogen-bond acceptors (Lipinski definition) is 4. The summed E-state index contributed by atoms with van der Waals surface area (Å²) in [6, 6.07) is 7.28. The molecule has 1 aromatic carbocycles. The molecule has 76 valence electrons. The Bertz CT molecular complexity index is 468. The van der Waals surface area contributed by atoms with E-state index in [9.17, 15) is 10.1 Å². The average molecular weight is 220 g/mol. The van der Waals surface area contributed by atoms with E-state index >= 15 is 0 Å². The van der Waals surface area contributed by atoms with Crippen molar-refractivity contribution in [3.8, 4) is 10.6 Å². The van der Waals surface area contributed by atoms with Crippen molar-refractivity contribution in [3.63, 3.8) is 0 Å². The van der Waals surface area contributed by atoms with Gasteiger partial charge in [0, 0.05) is 27.6 Å². The lowest BCUT2D eigenvalue weighted by Crippen LogP contribution is -1.97. The lowest BCUT2D eigenvalue weighted by atomic mass is 10.1. The lowest BCUT2D eigenvalue weighted by molar-refractivity contribution is -0.496. The minimum absolute atomic E-state index is 0.140. The molecule has 0 amide bonds. The summed E-state index contributed by atoms with van der Waals surface area (Å²) < 4.78 is 0. The zero-order valence-corrected chi connectivity index (χ0v) is 8.61. The van der Waals surface area contributed by atoms with Gasteiger partial charge >= 0.3 is 0 Å². The summed E-state index contributed by atoms with van der Waals surface area (Å²) in [7, 11) is 0. The van der Waals surface area contributed by atoms with Crippen LogP contribution in [0.5, 0.6) is 0 Å². The zero-order valence-electron chi connectivity index (χ0n) is 7.79. The minimum Gasteiger partial charge on any atom is -0.264 e. The fourth-order valence-corrected chi connectivity index (χ4v) is 1.95. The van der Waals surface area contributed by atoms with Gasteiger partial charge in [0.1, 0.15) is 5.01 Å². The van der Waals surface area contributed by atoms with E-state index < -0.39 is 0 Å². The third-order valence-electron chi connectivity index (χ3n) is 1.92. The Morgan fingerprint density at radius 3 is 3.00 bits per heavy atom. The van der Waals surface area contributed by atoms with Gasteiger partial charge in [0.2, 0.25) is 6.54 Å². The molecule has 0 bridgehead atoms. The van der Waals surface area contributed by atoms with Crippen molar-refractivity contribution >= 4 is 11.3 Å². The maximum atomic E-state index is 10.4. The molecule has 0 atom stereocenters. The Morgan fingerprint density at radius 1 is 1.47 bits per heavy atom. The maximum Gasteiger partial charge on any atom is 0.228 e. The molecule has 4 nitrogen and oxygen atoms in total. The first-order valence-electron chi connectivity index (χ1n) is 4.36. The molecule has 0 aliphatic heterocycles. The third kappa shape index (κ3) is 2.38. The van der Waals surface area contributed by atoms with Gasteiger partial charge in [0.15, 0.2) is 0 Å². The lowest BCUT2D eigenvalue weighted by Gasteiger charge is -1.98. The minimum atomic E-state index is -0.332. The fraction of sp³-hybridized carbons (Fsp3) is 0.100. The highest BCUT2D eigenvalue weighted by Crippen LogP contribution is 2.22. The second-order valence-corrected chi connectivity index (χ2v) is 3.92. The largest absolute Gasteiger partial charge is 0.264 e. The van der Waals surface area contributed by atoms with E-state index in [0.717, 1.165) is 10.6 Å². The summed E-state index contributed by atoms with van der Waals surface area (Å²) in [6.45, 7) is -0.140. The number of hydrogen-bond donors (Lipinski definition) is 0. The number of aromatic nitrogens is 1. The summed E-state index contributed by atoms with van der Waals surface area (Å²) in [6.07, 6.45) is 1.72. The van der Waals surface area contributed by atoms with Crippen molar-refractivity contribution in [2.75, 3.05) is 0 Å². The highest BCUT2D eigenvalue weighted by molar-refractivity contribution is 7.13. The molecule has 1 heterocycles. The van der Waals surface area contributed by atoms with E-state index in [2.05, 4.69) is 4.98 Å². The Hall–Kier alpha value is -1.75. The monoisotopic (exact) mass is 220 g/mol. The van der Waals surface area contributed by atoms with Crippen LogP contribution in [0, 0.1) is 10.1 Å². The van der Waals surface area contributed by atoms with E-state index in [0.29, 0.717) is 5.56 Å². The van der Waals surface area contributed by atoms with E-state index in [1.54, 1.807) is 12.3 Å². The van der Waals surface area contributed by atoms with Gasteiger partial charge in [-0.05, 0) is 6.07 Å². The van der Waals surface area contributed by atoms with Gasteiger partial charge < -0.3 is 0 Å². The van der Waals surface area contributed by atoms with Crippen molar-refractivity contribution < 1.29 is 4.92 Å². The Labute approximate surface area is 90.4 Å². The fourth-order valence-electron chi connectivity index (χ4n) is 1.32. The summed E-state index contributed by atoms with van der Waals surface area (Å²) in [5.74, 6) is 0. The molecule has 2 rings (SSSR count). The molecule has 15 heavy (non-hydrogen) atoms. The van der Waals surface area contributed by atoms with Crippen molar-refractivity contribution in [2.24, 2.45) is 0 Å². The molecular formula is C10H8N2O2S. The molecular weight excluding hydrogens is 212 g/mol. The van der Waals surface area contributed by atoms with Crippen molar-refractivity contribution in [1.29, 1.82) is 0 Å². The maximum absolute atomic E-state index is 10.4. The van der Waals surface area contributed by atoms with Gasteiger partial charge in [-0.3, -0.25) is 10.1 Å². The molecule has 0 saturated heterocycles. The van der Waals surface area contributed by atoms with Crippen molar-refractivity contribution in [3.05, 3.63) is 51.5 Å². The third-order valence-corrected chi connectivity index (χ3v) is 2.74. The van der Waals surface area contributed by atoms with Crippen molar-refractivity contribution in [1.82, 2.24) is 4.98 Å². The van der Waals surface area contributed by atoms with Crippen LogP contribution in [0.25, 0.3) is 10.6 Å². The van der Waals surface area contributed by atoms with Crippen LogP contribution < -0.4 is 0 Å². The summed E-state index contributed by atoms with van der Waals surface area (Å²) in [5, 5.41) is 13.1. The van der Waals surface area contributed by atoms with E-state index in [1.165, 1.54) is 11.3 Å². The highest BCUT2D eigenvalue weighted by atomic mass is 32.1. The van der Waals surface area contributed by atoms with E-state index in [-0.39, 0.29) is 11.5 Å². The Kier molecular flexibility index (Phi) is 2.73. The smallest absolute Gasteiger partial charge is 0.228 e. The SMILES string of the molecule is O=[N+]([O-])Cc1cccc(-c2nccs2)c1. The predicted molar refractivity (Wildman–Crippen MR) is 58.2 cm³/mol. The molecule has 0 N–H and O–H groups in total. The van der Waals surface area contributed by atoms with Crippen LogP contribution in [-0.2, 0) is 6.54 Å². The number of thiazole rings is 1. The summed E-state index contributed by atoms with van der Waals surface area (Å²) in [5.41, 5.74) is 1.64. The van der Waals surface area contributed by atoms with Crippen LogP contribution in [0.4, 0.5) is 0 Å². The van der Waals surface area contributed by atoms with Gasteiger partial charge in [0.05, 0.1) is 0 Å². The van der Waals surface area contributed by atoms with Crippen LogP contribution in [0.1, 0.15) is 5.56 Å². The van der Waals surface area contributed by atoms with Crippen LogP contribution >= 0.6 is 11.3 Å². The van der Waals surface area contributed by atoms with E-state index in [1.807, 2.05) is 23.6 Å². The van der Waals surface area contributed by atoms with Crippen molar-refractivity contribution in [2.45, 2.75) is 6.54 Å². The number of nitro groups is 1. The molecule has 1 aromatic heterocycles. The summed E-state index contributed by atoms with van der Waals surface area (Å²) >= 11 is 1.52. The average Bonchev–Trinajstić information content (AvgIpc) is 2.69. The second kappa shape index (κ2) is 4.18. The molecule has 0 spiro atoms. The molecule has 0 unspecified atom stereocenters. The van der Waals surface area contributed by atoms with Gasteiger partial charge in [-0.2, -0.15) is 0 Å². The molecule has 0 aliphatic rings. The van der Waals surface area contributed by atoms with Crippen LogP contribution in [0.15, 0.2) is 35.8 Å². The molecule has 0 fully saturated rings.